The summed E-state index contributed by atoms with van der Waals surface area (Å²) < 4.78 is -2.20. The van der Waals surface area contributed by atoms with Crippen LogP contribution in [0, 0.1) is 0 Å². The fourth-order valence-electron chi connectivity index (χ4n) is 1.88. The van der Waals surface area contributed by atoms with Crippen molar-refractivity contribution in [2.45, 2.75) is 22.7 Å². The van der Waals surface area contributed by atoms with Gasteiger partial charge in [0.2, 0.25) is 0 Å². The summed E-state index contributed by atoms with van der Waals surface area (Å²) in [5, 5.41) is 6.31. The van der Waals surface area contributed by atoms with Gasteiger partial charge in [0.1, 0.15) is 0 Å². The first kappa shape index (κ1) is 15.6. The van der Waals surface area contributed by atoms with E-state index in [0.717, 1.165) is 5.56 Å². The smallest absolute Gasteiger partial charge is 0.322 e. The molecule has 1 aliphatic carbocycles. The van der Waals surface area contributed by atoms with Crippen molar-refractivity contribution in [2.75, 3.05) is 0 Å². The van der Waals surface area contributed by atoms with Crippen LogP contribution in [0.15, 0.2) is 11.4 Å². The summed E-state index contributed by atoms with van der Waals surface area (Å²) in [6.45, 7) is 0. The Morgan fingerprint density at radius 1 is 1.35 bits per heavy atom. The van der Waals surface area contributed by atoms with Crippen LogP contribution in [0.4, 0.5) is 4.79 Å². The molecule has 0 spiro atoms. The van der Waals surface area contributed by atoms with Gasteiger partial charge in [-0.3, -0.25) is 14.9 Å². The molecule has 0 bridgehead atoms. The monoisotopic (exact) mass is 354 g/mol. The number of imide groups is 1. The average molecular weight is 356 g/mol. The topological polar surface area (TPSA) is 75.3 Å². The van der Waals surface area contributed by atoms with Gasteiger partial charge in [-0.15, -0.1) is 11.3 Å². The molecule has 0 saturated heterocycles. The minimum Gasteiger partial charge on any atom is -0.331 e. The molecule has 3 amide bonds. The van der Waals surface area contributed by atoms with Crippen molar-refractivity contribution in [2.24, 2.45) is 0 Å². The third kappa shape index (κ3) is 3.44. The number of carbonyl (C=O) groups excluding carboxylic acids is 3. The molecule has 5 nitrogen and oxygen atoms in total. The molecule has 9 heteroatoms. The van der Waals surface area contributed by atoms with Crippen molar-refractivity contribution in [3.05, 3.63) is 21.9 Å². The minimum absolute atomic E-state index is 0.0610. The van der Waals surface area contributed by atoms with Gasteiger partial charge in [-0.2, -0.15) is 0 Å². The lowest BCUT2D eigenvalue weighted by atomic mass is 9.93. The largest absolute Gasteiger partial charge is 0.331 e. The predicted octanol–water partition coefficient (Wildman–Crippen LogP) is 2.96. The van der Waals surface area contributed by atoms with Crippen LogP contribution in [0.25, 0.3) is 0 Å². The number of halogens is 3. The average Bonchev–Trinajstić information content (AvgIpc) is 2.81. The van der Waals surface area contributed by atoms with Gasteiger partial charge in [0.05, 0.1) is 10.9 Å². The lowest BCUT2D eigenvalue weighted by Crippen LogP contribution is -2.46. The molecule has 0 aliphatic heterocycles. The van der Waals surface area contributed by atoms with Crippen LogP contribution < -0.4 is 10.6 Å². The Morgan fingerprint density at radius 2 is 2.05 bits per heavy atom. The number of nitrogens with one attached hydrogen (secondary N) is 2. The summed E-state index contributed by atoms with van der Waals surface area (Å²) in [6.07, 6.45) is 0.814. The Labute approximate surface area is 133 Å². The molecular weight excluding hydrogens is 347 g/mol. The third-order valence-electron chi connectivity index (χ3n) is 2.77. The van der Waals surface area contributed by atoms with Crippen molar-refractivity contribution in [3.8, 4) is 0 Å². The number of thiophene rings is 1. The highest BCUT2D eigenvalue weighted by atomic mass is 35.6. The van der Waals surface area contributed by atoms with Gasteiger partial charge < -0.3 is 5.32 Å². The molecule has 0 fully saturated rings. The number of alkyl halides is 3. The third-order valence-corrected chi connectivity index (χ3v) is 4.26. The normalized spacial score (nSPS) is 18.4. The fourth-order valence-corrected chi connectivity index (χ4v) is 2.96. The van der Waals surface area contributed by atoms with Crippen molar-refractivity contribution < 1.29 is 14.4 Å². The van der Waals surface area contributed by atoms with Gasteiger partial charge in [0, 0.05) is 6.42 Å². The molecule has 0 radical (unpaired) electrons. The molecule has 1 heterocycles. The van der Waals surface area contributed by atoms with Crippen molar-refractivity contribution >= 4 is 63.9 Å². The highest BCUT2D eigenvalue weighted by Gasteiger charge is 2.33. The van der Waals surface area contributed by atoms with Gasteiger partial charge in [-0.1, -0.05) is 34.8 Å². The maximum Gasteiger partial charge on any atom is 0.322 e. The molecule has 2 rings (SSSR count). The first-order chi connectivity index (χ1) is 9.29. The van der Waals surface area contributed by atoms with Crippen LogP contribution in [0.5, 0.6) is 0 Å². The van der Waals surface area contributed by atoms with E-state index in [1.165, 1.54) is 11.3 Å². The van der Waals surface area contributed by atoms with Crippen LogP contribution >= 0.6 is 46.1 Å². The highest BCUT2D eigenvalue weighted by Crippen LogP contribution is 2.33. The summed E-state index contributed by atoms with van der Waals surface area (Å²) in [5.41, 5.74) is 0.753. The Hall–Kier alpha value is -0.820. The maximum absolute atomic E-state index is 11.7. The fraction of sp³-hybridized carbons (Fsp3) is 0.364. The zero-order chi connectivity index (χ0) is 14.9. The van der Waals surface area contributed by atoms with E-state index in [1.54, 1.807) is 11.4 Å². The van der Waals surface area contributed by atoms with E-state index in [4.69, 9.17) is 34.8 Å². The first-order valence-electron chi connectivity index (χ1n) is 5.58. The molecule has 1 unspecified atom stereocenters. The summed E-state index contributed by atoms with van der Waals surface area (Å²) in [7, 11) is 0. The zero-order valence-corrected chi connectivity index (χ0v) is 13.0. The van der Waals surface area contributed by atoms with Crippen LogP contribution in [0.1, 0.15) is 34.1 Å². The Morgan fingerprint density at radius 3 is 2.70 bits per heavy atom. The van der Waals surface area contributed by atoms with E-state index in [2.05, 4.69) is 5.32 Å². The van der Waals surface area contributed by atoms with Crippen LogP contribution in [0.3, 0.4) is 0 Å². The number of urea groups is 1. The molecule has 108 valence electrons. The van der Waals surface area contributed by atoms with Crippen LogP contribution in [0.2, 0.25) is 0 Å². The van der Waals surface area contributed by atoms with Crippen LogP contribution in [-0.2, 0) is 4.79 Å². The Kier molecular flexibility index (Phi) is 4.59. The summed E-state index contributed by atoms with van der Waals surface area (Å²) in [6, 6.07) is 0.675. The van der Waals surface area contributed by atoms with E-state index in [-0.39, 0.29) is 11.8 Å². The second-order valence-electron chi connectivity index (χ2n) is 4.14. The second-order valence-corrected chi connectivity index (χ2v) is 7.34. The second kappa shape index (κ2) is 5.89. The minimum atomic E-state index is -2.20. The standard InChI is InChI=1S/C11H9Cl3N2O3S/c12-11(13,14)9(18)16-10(19)15-6-1-2-7(17)8-5(6)3-4-20-8/h3-4,6H,1-2H2,(H2,15,16,18,19). The zero-order valence-electron chi connectivity index (χ0n) is 9.91. The molecule has 1 atom stereocenters. The number of amides is 3. The van der Waals surface area contributed by atoms with Crippen molar-refractivity contribution in [1.82, 2.24) is 10.6 Å². The molecule has 2 N–H and O–H groups in total. The molecule has 0 saturated carbocycles. The first-order valence-corrected chi connectivity index (χ1v) is 7.59. The number of rotatable bonds is 1. The van der Waals surface area contributed by atoms with E-state index in [1.807, 2.05) is 5.32 Å². The SMILES string of the molecule is O=C(NC(=O)C(Cl)(Cl)Cl)NC1CCC(=O)c2sccc21. The number of Topliss-reactive ketones (excluding diaryl/α,β-unsaturated/α-hetero) is 1. The lowest BCUT2D eigenvalue weighted by Gasteiger charge is -2.23. The number of fused-ring (bicyclic) bond motifs is 1. The Balaban J connectivity index is 2.02. The molecule has 0 aromatic carbocycles. The van der Waals surface area contributed by atoms with Crippen LogP contribution in [-0.4, -0.2) is 21.5 Å². The number of hydrogen-bond donors (Lipinski definition) is 2. The van der Waals surface area contributed by atoms with E-state index < -0.39 is 15.7 Å². The van der Waals surface area contributed by atoms with Crippen molar-refractivity contribution in [3.63, 3.8) is 0 Å². The Bertz CT molecular complexity index is 568. The highest BCUT2D eigenvalue weighted by molar-refractivity contribution is 7.12. The van der Waals surface area contributed by atoms with Crippen molar-refractivity contribution in [1.29, 1.82) is 0 Å². The molecule has 1 aliphatic rings. The molecule has 1 aromatic rings. The quantitative estimate of drug-likeness (QED) is 0.761. The van der Waals surface area contributed by atoms with Gasteiger partial charge in [-0.05, 0) is 23.4 Å². The van der Waals surface area contributed by atoms with E-state index in [9.17, 15) is 14.4 Å². The number of ketones is 1. The van der Waals surface area contributed by atoms with Gasteiger partial charge in [-0.25, -0.2) is 4.79 Å². The number of carbonyl (C=O) groups is 3. The van der Waals surface area contributed by atoms with Gasteiger partial charge in [0.15, 0.2) is 5.78 Å². The molecular formula is C11H9Cl3N2O3S. The van der Waals surface area contributed by atoms with Gasteiger partial charge >= 0.3 is 6.03 Å². The number of hydrogen-bond acceptors (Lipinski definition) is 4. The molecule has 1 aromatic heterocycles. The lowest BCUT2D eigenvalue weighted by molar-refractivity contribution is -0.119. The van der Waals surface area contributed by atoms with E-state index >= 15 is 0 Å². The summed E-state index contributed by atoms with van der Waals surface area (Å²) in [5.74, 6) is -0.969. The summed E-state index contributed by atoms with van der Waals surface area (Å²) in [4.78, 5) is 35.3. The predicted molar refractivity (Wildman–Crippen MR) is 77.6 cm³/mol. The maximum atomic E-state index is 11.7. The van der Waals surface area contributed by atoms with Gasteiger partial charge in [0.25, 0.3) is 9.70 Å². The summed E-state index contributed by atoms with van der Waals surface area (Å²) >= 11 is 17.4. The van der Waals surface area contributed by atoms with E-state index in [0.29, 0.717) is 17.7 Å². The molecule has 20 heavy (non-hydrogen) atoms.